The number of hydrogen-bond acceptors (Lipinski definition) is 8. The van der Waals surface area contributed by atoms with Crippen molar-refractivity contribution in [1.82, 2.24) is 0 Å². The first-order chi connectivity index (χ1) is 2.00. The molecule has 0 unspecified atom stereocenters. The maximum atomic E-state index is 8.52. The van der Waals surface area contributed by atoms with E-state index < -0.39 is 10.4 Å². The molecule has 12 heavy (non-hydrogen) atoms. The molecular weight excluding hydrogens is 370 g/mol. The van der Waals surface area contributed by atoms with Gasteiger partial charge in [-0.2, -0.15) is 0 Å². The van der Waals surface area contributed by atoms with Crippen LogP contribution in [0.5, 0.6) is 0 Å². The molecule has 0 aromatic heterocycles. The first kappa shape index (κ1) is 61.1. The quantitative estimate of drug-likeness (QED) is 0.246. The van der Waals surface area contributed by atoms with Gasteiger partial charge in [0, 0.05) is 32.1 Å². The minimum Gasteiger partial charge on any atom is -0.870 e. The molecule has 0 aromatic carbocycles. The topological polar surface area (TPSA) is 200 Å². The second-order valence-corrected chi connectivity index (χ2v) is 1.22. The maximum Gasteiger partial charge on any atom is 2.00 e. The maximum absolute atomic E-state index is 8.52. The summed E-state index contributed by atoms with van der Waals surface area (Å²) in [4.78, 5) is 0. The fraction of sp³-hybridized carbons (Fsp3) is 0. The molecule has 0 aromatic rings. The Labute approximate surface area is 141 Å². The van der Waals surface area contributed by atoms with Crippen molar-refractivity contribution >= 4 is 82.3 Å². The molecule has 0 saturated carbocycles. The molecule has 0 amide bonds. The van der Waals surface area contributed by atoms with E-state index in [-0.39, 0.29) is 116 Å². The van der Waals surface area contributed by atoms with Crippen LogP contribution in [0.15, 0.2) is 0 Å². The third kappa shape index (κ3) is 231. The van der Waals surface area contributed by atoms with Gasteiger partial charge in [0.05, 0.1) is 0 Å². The summed E-state index contributed by atoms with van der Waals surface area (Å²) in [6.07, 6.45) is 0. The standard InChI is InChI=1S/Ba.Mg.H2O4S.4H2O.Ti/c;;1-5(2,3)4;;;;;/h;;(H2,1,2,3,4);4*1H2;/q2*+2;;;;;;/p-6. The average molecular weight is 374 g/mol. The Kier molecular flexibility index (Phi) is 149. The fourth-order valence-corrected chi connectivity index (χ4v) is 0. The van der Waals surface area contributed by atoms with Crippen molar-refractivity contribution in [3.63, 3.8) is 0 Å². The van der Waals surface area contributed by atoms with Crippen molar-refractivity contribution in [2.45, 2.75) is 0 Å². The van der Waals surface area contributed by atoms with E-state index in [1.807, 2.05) is 0 Å². The third-order valence-electron chi connectivity index (χ3n) is 0. The van der Waals surface area contributed by atoms with E-state index in [2.05, 4.69) is 0 Å². The van der Waals surface area contributed by atoms with Crippen LogP contribution in [-0.4, -0.2) is 111 Å². The van der Waals surface area contributed by atoms with E-state index in [0.29, 0.717) is 0 Å². The zero-order chi connectivity index (χ0) is 4.50. The predicted molar refractivity (Wildman–Crippen MR) is 29.7 cm³/mol. The van der Waals surface area contributed by atoms with Crippen LogP contribution in [-0.2, 0) is 32.1 Å². The van der Waals surface area contributed by atoms with Crippen LogP contribution in [0.2, 0.25) is 0 Å². The molecule has 0 radical (unpaired) electrons. The second-order valence-electron chi connectivity index (χ2n) is 0.408. The molecule has 0 fully saturated rings. The molecular formula is H4BaMgO8STi-2. The summed E-state index contributed by atoms with van der Waals surface area (Å²) in [6.45, 7) is 0. The molecule has 4 N–H and O–H groups in total. The van der Waals surface area contributed by atoms with E-state index in [1.165, 1.54) is 0 Å². The summed E-state index contributed by atoms with van der Waals surface area (Å²) in [5, 5.41) is 0. The SMILES string of the molecule is O=S(=O)([O-])[O-].[Ba+2].[Mg+2].[OH-].[OH-].[OH-].[OH-].[Ti]. The van der Waals surface area contributed by atoms with Crippen LogP contribution < -0.4 is 0 Å². The van der Waals surface area contributed by atoms with Crippen LogP contribution in [0.25, 0.3) is 0 Å². The fourth-order valence-electron chi connectivity index (χ4n) is 0. The van der Waals surface area contributed by atoms with E-state index in [9.17, 15) is 0 Å². The van der Waals surface area contributed by atoms with Crippen LogP contribution in [0.3, 0.4) is 0 Å². The van der Waals surface area contributed by atoms with Crippen LogP contribution in [0, 0.1) is 0 Å². The smallest absolute Gasteiger partial charge is 0.870 e. The summed E-state index contributed by atoms with van der Waals surface area (Å²) in [5.74, 6) is 0. The Morgan fingerprint density at radius 1 is 0.833 bits per heavy atom. The first-order valence-electron chi connectivity index (χ1n) is 0.667. The van der Waals surface area contributed by atoms with Gasteiger partial charge in [0.25, 0.3) is 0 Å². The van der Waals surface area contributed by atoms with Crippen LogP contribution in [0.1, 0.15) is 0 Å². The molecule has 8 nitrogen and oxygen atoms in total. The van der Waals surface area contributed by atoms with Gasteiger partial charge in [-0.1, -0.05) is 0 Å². The van der Waals surface area contributed by atoms with Gasteiger partial charge in [0.15, 0.2) is 0 Å². The van der Waals surface area contributed by atoms with Gasteiger partial charge in [-0.15, -0.1) is 0 Å². The molecule has 12 heteroatoms. The molecule has 0 saturated heterocycles. The summed E-state index contributed by atoms with van der Waals surface area (Å²) >= 11 is 0. The van der Waals surface area contributed by atoms with Crippen molar-refractivity contribution in [2.75, 3.05) is 0 Å². The Balaban J connectivity index is -0.00000000381. The number of rotatable bonds is 0. The average Bonchev–Trinajstić information content (AvgIpc) is 0.722. The molecule has 0 aliphatic rings. The monoisotopic (exact) mass is 374 g/mol. The normalized spacial score (nSPS) is 4.83. The number of hydrogen-bond donors (Lipinski definition) is 0. The molecule has 0 spiro atoms. The van der Waals surface area contributed by atoms with Crippen molar-refractivity contribution in [3.8, 4) is 0 Å². The van der Waals surface area contributed by atoms with Gasteiger partial charge in [0.2, 0.25) is 0 Å². The predicted octanol–water partition coefficient (Wildman–Crippen LogP) is -2.81. The van der Waals surface area contributed by atoms with E-state index in [0.717, 1.165) is 0 Å². The second kappa shape index (κ2) is 29.2. The van der Waals surface area contributed by atoms with Crippen molar-refractivity contribution in [1.29, 1.82) is 0 Å². The van der Waals surface area contributed by atoms with E-state index >= 15 is 0 Å². The van der Waals surface area contributed by atoms with E-state index in [1.54, 1.807) is 0 Å². The zero-order valence-electron chi connectivity index (χ0n) is 5.74. The van der Waals surface area contributed by atoms with Crippen molar-refractivity contribution < 1.29 is 61.1 Å². The molecule has 0 aliphatic carbocycles. The summed E-state index contributed by atoms with van der Waals surface area (Å²) in [7, 11) is -5.17. The minimum atomic E-state index is -5.17. The Bertz CT molecular complexity index is 102. The summed E-state index contributed by atoms with van der Waals surface area (Å²) < 4.78 is 34.1. The first-order valence-corrected chi connectivity index (χ1v) is 2.00. The largest absolute Gasteiger partial charge is 2.00 e. The van der Waals surface area contributed by atoms with E-state index in [4.69, 9.17) is 17.5 Å². The molecule has 0 bridgehead atoms. The van der Waals surface area contributed by atoms with Gasteiger partial charge in [-0.3, -0.25) is 8.42 Å². The van der Waals surface area contributed by atoms with Crippen LogP contribution in [0.4, 0.5) is 0 Å². The molecule has 68 valence electrons. The van der Waals surface area contributed by atoms with Gasteiger partial charge in [0.1, 0.15) is 0 Å². The summed E-state index contributed by atoms with van der Waals surface area (Å²) in [6, 6.07) is 0. The minimum absolute atomic E-state index is 0. The van der Waals surface area contributed by atoms with Crippen molar-refractivity contribution in [3.05, 3.63) is 0 Å². The van der Waals surface area contributed by atoms with Gasteiger partial charge >= 0.3 is 71.9 Å². The molecule has 0 atom stereocenters. The zero-order valence-corrected chi connectivity index (χ0v) is 14.0. The Morgan fingerprint density at radius 2 is 0.833 bits per heavy atom. The molecule has 0 heterocycles. The molecule has 0 aliphatic heterocycles. The van der Waals surface area contributed by atoms with Crippen molar-refractivity contribution in [2.24, 2.45) is 0 Å². The van der Waals surface area contributed by atoms with Gasteiger partial charge in [-0.05, 0) is 0 Å². The Morgan fingerprint density at radius 3 is 0.833 bits per heavy atom. The van der Waals surface area contributed by atoms with Gasteiger partial charge < -0.3 is 31.0 Å². The summed E-state index contributed by atoms with van der Waals surface area (Å²) in [5.41, 5.74) is 0. The molecule has 0 rings (SSSR count). The van der Waals surface area contributed by atoms with Crippen LogP contribution >= 0.6 is 0 Å². The van der Waals surface area contributed by atoms with Gasteiger partial charge in [-0.25, -0.2) is 0 Å². The Hall–Kier alpha value is 2.76. The third-order valence-corrected chi connectivity index (χ3v) is 0.